The molecule has 2 heteroatoms. The third-order valence-electron chi connectivity index (χ3n) is 3.84. The van der Waals surface area contributed by atoms with Gasteiger partial charge in [-0.15, -0.1) is 0 Å². The van der Waals surface area contributed by atoms with Crippen LogP contribution < -0.4 is 0 Å². The Balaban J connectivity index is 1.73. The van der Waals surface area contributed by atoms with Crippen molar-refractivity contribution >= 4 is 15.9 Å². The molecule has 0 N–H and O–H groups in total. The van der Waals surface area contributed by atoms with Crippen LogP contribution in [0.1, 0.15) is 22.3 Å². The van der Waals surface area contributed by atoms with E-state index in [0.717, 1.165) is 19.6 Å². The lowest BCUT2D eigenvalue weighted by Crippen LogP contribution is -2.29. The van der Waals surface area contributed by atoms with Gasteiger partial charge in [-0.1, -0.05) is 52.3 Å². The lowest BCUT2D eigenvalue weighted by Gasteiger charge is -2.28. The van der Waals surface area contributed by atoms with Crippen molar-refractivity contribution in [3.05, 3.63) is 69.2 Å². The quantitative estimate of drug-likeness (QED) is 0.798. The van der Waals surface area contributed by atoms with Crippen LogP contribution in [-0.4, -0.2) is 11.4 Å². The number of fused-ring (bicyclic) bond motifs is 1. The summed E-state index contributed by atoms with van der Waals surface area (Å²) in [6.07, 6.45) is 1.17. The van der Waals surface area contributed by atoms with Crippen molar-refractivity contribution < 1.29 is 0 Å². The molecule has 98 valence electrons. The Labute approximate surface area is 123 Å². The maximum absolute atomic E-state index is 3.56. The molecular weight excluding hydrogens is 298 g/mol. The van der Waals surface area contributed by atoms with Crippen LogP contribution in [0.15, 0.2) is 46.9 Å². The summed E-state index contributed by atoms with van der Waals surface area (Å²) in [5.74, 6) is 0. The van der Waals surface area contributed by atoms with Gasteiger partial charge in [-0.25, -0.2) is 0 Å². The van der Waals surface area contributed by atoms with Gasteiger partial charge in [-0.2, -0.15) is 0 Å². The fourth-order valence-corrected chi connectivity index (χ4v) is 3.00. The van der Waals surface area contributed by atoms with Crippen LogP contribution in [0.2, 0.25) is 0 Å². The summed E-state index contributed by atoms with van der Waals surface area (Å²) < 4.78 is 1.19. The topological polar surface area (TPSA) is 3.24 Å². The minimum Gasteiger partial charge on any atom is -0.294 e. The molecule has 3 rings (SSSR count). The molecule has 0 aliphatic carbocycles. The van der Waals surface area contributed by atoms with Crippen molar-refractivity contribution in [1.29, 1.82) is 0 Å². The Morgan fingerprint density at radius 1 is 1.11 bits per heavy atom. The molecule has 0 spiro atoms. The first-order chi connectivity index (χ1) is 9.22. The normalized spacial score (nSPS) is 15.3. The third-order valence-corrected chi connectivity index (χ3v) is 4.73. The van der Waals surface area contributed by atoms with E-state index in [9.17, 15) is 0 Å². The van der Waals surface area contributed by atoms with E-state index in [0.29, 0.717) is 0 Å². The Hall–Kier alpha value is -1.12. The van der Waals surface area contributed by atoms with Crippen molar-refractivity contribution in [2.75, 3.05) is 6.54 Å². The van der Waals surface area contributed by atoms with E-state index in [1.807, 2.05) is 0 Å². The van der Waals surface area contributed by atoms with E-state index >= 15 is 0 Å². The van der Waals surface area contributed by atoms with Crippen LogP contribution in [0, 0.1) is 6.92 Å². The molecule has 0 unspecified atom stereocenters. The van der Waals surface area contributed by atoms with Gasteiger partial charge in [0.1, 0.15) is 0 Å². The number of hydrogen-bond acceptors (Lipinski definition) is 1. The van der Waals surface area contributed by atoms with E-state index in [1.165, 1.54) is 33.1 Å². The van der Waals surface area contributed by atoms with Gasteiger partial charge >= 0.3 is 0 Å². The van der Waals surface area contributed by atoms with Crippen molar-refractivity contribution in [1.82, 2.24) is 4.90 Å². The first kappa shape index (κ1) is 12.9. The highest BCUT2D eigenvalue weighted by molar-refractivity contribution is 9.10. The van der Waals surface area contributed by atoms with Crippen molar-refractivity contribution in [2.24, 2.45) is 0 Å². The highest BCUT2D eigenvalue weighted by Crippen LogP contribution is 2.22. The maximum atomic E-state index is 3.56. The zero-order chi connectivity index (χ0) is 13.2. The van der Waals surface area contributed by atoms with Gasteiger partial charge in [-0.3, -0.25) is 4.90 Å². The van der Waals surface area contributed by atoms with E-state index in [2.05, 4.69) is 70.2 Å². The zero-order valence-corrected chi connectivity index (χ0v) is 12.8. The summed E-state index contributed by atoms with van der Waals surface area (Å²) >= 11 is 3.56. The van der Waals surface area contributed by atoms with Crippen LogP contribution in [0.4, 0.5) is 0 Å². The summed E-state index contributed by atoms with van der Waals surface area (Å²) in [5.41, 5.74) is 5.73. The molecule has 0 aromatic heterocycles. The molecule has 19 heavy (non-hydrogen) atoms. The maximum Gasteiger partial charge on any atom is 0.0240 e. The molecule has 0 saturated heterocycles. The number of aryl methyl sites for hydroxylation is 1. The summed E-state index contributed by atoms with van der Waals surface area (Å²) in [6, 6.07) is 15.5. The third kappa shape index (κ3) is 2.90. The number of rotatable bonds is 2. The van der Waals surface area contributed by atoms with Crippen LogP contribution in [0.5, 0.6) is 0 Å². The molecule has 0 fully saturated rings. The van der Waals surface area contributed by atoms with E-state index in [-0.39, 0.29) is 0 Å². The van der Waals surface area contributed by atoms with Crippen LogP contribution in [0.25, 0.3) is 0 Å². The second-order valence-electron chi connectivity index (χ2n) is 5.31. The predicted molar refractivity (Wildman–Crippen MR) is 83.1 cm³/mol. The molecule has 0 atom stereocenters. The summed E-state index contributed by atoms with van der Waals surface area (Å²) in [7, 11) is 0. The zero-order valence-electron chi connectivity index (χ0n) is 11.2. The highest BCUT2D eigenvalue weighted by atomic mass is 79.9. The first-order valence-corrected chi connectivity index (χ1v) is 7.56. The largest absolute Gasteiger partial charge is 0.294 e. The van der Waals surface area contributed by atoms with Crippen molar-refractivity contribution in [2.45, 2.75) is 26.4 Å². The summed E-state index contributed by atoms with van der Waals surface area (Å²) in [5, 5.41) is 0. The second kappa shape index (κ2) is 5.48. The standard InChI is InChI=1S/C17H18BrN/c1-13-10-14(6-7-17(13)18)11-19-9-8-15-4-2-3-5-16(15)12-19/h2-7,10H,8-9,11-12H2,1H3. The van der Waals surface area contributed by atoms with Crippen molar-refractivity contribution in [3.8, 4) is 0 Å². The smallest absolute Gasteiger partial charge is 0.0240 e. The first-order valence-electron chi connectivity index (χ1n) is 6.76. The molecule has 0 bridgehead atoms. The Morgan fingerprint density at radius 2 is 1.89 bits per heavy atom. The molecule has 1 aliphatic heterocycles. The molecule has 1 nitrogen and oxygen atoms in total. The predicted octanol–water partition coefficient (Wildman–Crippen LogP) is 4.32. The second-order valence-corrected chi connectivity index (χ2v) is 6.17. The molecule has 1 aliphatic rings. The molecule has 0 saturated carbocycles. The summed E-state index contributed by atoms with van der Waals surface area (Å²) in [4.78, 5) is 2.53. The molecule has 2 aromatic carbocycles. The van der Waals surface area contributed by atoms with Gasteiger partial charge < -0.3 is 0 Å². The van der Waals surface area contributed by atoms with Crippen LogP contribution in [-0.2, 0) is 19.5 Å². The van der Waals surface area contributed by atoms with Gasteiger partial charge in [0.2, 0.25) is 0 Å². The average molecular weight is 316 g/mol. The minimum atomic E-state index is 1.04. The number of nitrogens with zero attached hydrogens (tertiary/aromatic N) is 1. The van der Waals surface area contributed by atoms with Gasteiger partial charge in [0.25, 0.3) is 0 Å². The number of halogens is 1. The molecular formula is C17H18BrN. The van der Waals surface area contributed by atoms with Gasteiger partial charge in [0, 0.05) is 24.1 Å². The monoisotopic (exact) mass is 315 g/mol. The number of benzene rings is 2. The fraction of sp³-hybridized carbons (Fsp3) is 0.294. The summed E-state index contributed by atoms with van der Waals surface area (Å²) in [6.45, 7) is 5.43. The lowest BCUT2D eigenvalue weighted by molar-refractivity contribution is 0.245. The van der Waals surface area contributed by atoms with Gasteiger partial charge in [0.05, 0.1) is 0 Å². The minimum absolute atomic E-state index is 1.04. The highest BCUT2D eigenvalue weighted by Gasteiger charge is 2.15. The van der Waals surface area contributed by atoms with Gasteiger partial charge in [-0.05, 0) is 41.7 Å². The number of hydrogen-bond donors (Lipinski definition) is 0. The Bertz CT molecular complexity index is 592. The SMILES string of the molecule is Cc1cc(CN2CCc3ccccc3C2)ccc1Br. The van der Waals surface area contributed by atoms with Crippen molar-refractivity contribution in [3.63, 3.8) is 0 Å². The Kier molecular flexibility index (Phi) is 3.72. The molecule has 0 radical (unpaired) electrons. The lowest BCUT2D eigenvalue weighted by atomic mass is 9.99. The van der Waals surface area contributed by atoms with Crippen LogP contribution >= 0.6 is 15.9 Å². The van der Waals surface area contributed by atoms with E-state index in [1.54, 1.807) is 0 Å². The molecule has 0 amide bonds. The van der Waals surface area contributed by atoms with E-state index in [4.69, 9.17) is 0 Å². The van der Waals surface area contributed by atoms with Gasteiger partial charge in [0.15, 0.2) is 0 Å². The average Bonchev–Trinajstić information content (AvgIpc) is 2.43. The molecule has 1 heterocycles. The van der Waals surface area contributed by atoms with Crippen LogP contribution in [0.3, 0.4) is 0 Å². The Morgan fingerprint density at radius 3 is 2.68 bits per heavy atom. The fourth-order valence-electron chi connectivity index (χ4n) is 2.75. The molecule has 2 aromatic rings. The van der Waals surface area contributed by atoms with E-state index < -0.39 is 0 Å².